The van der Waals surface area contributed by atoms with Gasteiger partial charge in [-0.25, -0.2) is 0 Å². The van der Waals surface area contributed by atoms with E-state index in [1.165, 1.54) is 0 Å². The van der Waals surface area contributed by atoms with Crippen LogP contribution in [0.4, 0.5) is 0 Å². The minimum Gasteiger partial charge on any atom is -0.374 e. The molecule has 4 heteroatoms. The van der Waals surface area contributed by atoms with E-state index in [0.29, 0.717) is 19.8 Å². The number of hydrogen-bond donors (Lipinski definition) is 2. The Morgan fingerprint density at radius 2 is 2.36 bits per heavy atom. The summed E-state index contributed by atoms with van der Waals surface area (Å²) >= 11 is 0. The van der Waals surface area contributed by atoms with Crippen LogP contribution in [0.25, 0.3) is 0 Å². The fourth-order valence-electron chi connectivity index (χ4n) is 1.26. The van der Waals surface area contributed by atoms with Gasteiger partial charge in [0.1, 0.15) is 6.10 Å². The summed E-state index contributed by atoms with van der Waals surface area (Å²) in [5.74, 6) is 0. The predicted octanol–water partition coefficient (Wildman–Crippen LogP) is -0.924. The summed E-state index contributed by atoms with van der Waals surface area (Å²) in [4.78, 5) is 0. The van der Waals surface area contributed by atoms with E-state index < -0.39 is 0 Å². The molecule has 1 aliphatic heterocycles. The van der Waals surface area contributed by atoms with Crippen molar-refractivity contribution in [3.05, 3.63) is 0 Å². The van der Waals surface area contributed by atoms with Gasteiger partial charge in [0.2, 0.25) is 0 Å². The van der Waals surface area contributed by atoms with Gasteiger partial charge in [-0.15, -0.1) is 0 Å². The molecule has 1 heterocycles. The van der Waals surface area contributed by atoms with Gasteiger partial charge in [-0.3, -0.25) is 0 Å². The normalized spacial score (nSPS) is 37.9. The SMILES string of the molecule is C[C@H]1OC[C@@H](N)C1OCCN. The third kappa shape index (κ3) is 2.13. The van der Waals surface area contributed by atoms with Crippen LogP contribution in [-0.2, 0) is 9.47 Å². The zero-order valence-electron chi connectivity index (χ0n) is 6.82. The molecule has 66 valence electrons. The monoisotopic (exact) mass is 160 g/mol. The Bertz CT molecular complexity index is 111. The topological polar surface area (TPSA) is 70.5 Å². The van der Waals surface area contributed by atoms with Gasteiger partial charge >= 0.3 is 0 Å². The van der Waals surface area contributed by atoms with Gasteiger partial charge in [0.15, 0.2) is 0 Å². The molecule has 0 aromatic carbocycles. The number of nitrogens with two attached hydrogens (primary N) is 2. The predicted molar refractivity (Wildman–Crippen MR) is 42.2 cm³/mol. The molecule has 11 heavy (non-hydrogen) atoms. The molecule has 4 N–H and O–H groups in total. The molecule has 1 saturated heterocycles. The van der Waals surface area contributed by atoms with E-state index in [0.717, 1.165) is 0 Å². The van der Waals surface area contributed by atoms with Crippen molar-refractivity contribution in [1.82, 2.24) is 0 Å². The van der Waals surface area contributed by atoms with Crippen molar-refractivity contribution < 1.29 is 9.47 Å². The Morgan fingerprint density at radius 3 is 2.82 bits per heavy atom. The van der Waals surface area contributed by atoms with Crippen LogP contribution >= 0.6 is 0 Å². The lowest BCUT2D eigenvalue weighted by molar-refractivity contribution is 0.000203. The van der Waals surface area contributed by atoms with Gasteiger partial charge in [-0.1, -0.05) is 0 Å². The average Bonchev–Trinajstić information content (AvgIpc) is 2.29. The van der Waals surface area contributed by atoms with Gasteiger partial charge in [0.05, 0.1) is 25.4 Å². The smallest absolute Gasteiger partial charge is 0.101 e. The highest BCUT2D eigenvalue weighted by Crippen LogP contribution is 2.15. The number of hydrogen-bond acceptors (Lipinski definition) is 4. The summed E-state index contributed by atoms with van der Waals surface area (Å²) in [5, 5.41) is 0. The van der Waals surface area contributed by atoms with Gasteiger partial charge in [-0.2, -0.15) is 0 Å². The maximum Gasteiger partial charge on any atom is 0.101 e. The maximum atomic E-state index is 5.72. The van der Waals surface area contributed by atoms with E-state index in [9.17, 15) is 0 Å². The number of ether oxygens (including phenoxy) is 2. The van der Waals surface area contributed by atoms with E-state index in [1.807, 2.05) is 6.92 Å². The first kappa shape index (κ1) is 8.93. The van der Waals surface area contributed by atoms with Gasteiger partial charge in [0, 0.05) is 6.54 Å². The van der Waals surface area contributed by atoms with Crippen LogP contribution < -0.4 is 11.5 Å². The maximum absolute atomic E-state index is 5.72. The van der Waals surface area contributed by atoms with Gasteiger partial charge in [-0.05, 0) is 6.92 Å². The van der Waals surface area contributed by atoms with E-state index >= 15 is 0 Å². The zero-order chi connectivity index (χ0) is 8.27. The van der Waals surface area contributed by atoms with Crippen LogP contribution in [0.2, 0.25) is 0 Å². The Balaban J connectivity index is 2.29. The molecular weight excluding hydrogens is 144 g/mol. The molecule has 0 aliphatic carbocycles. The molecule has 1 fully saturated rings. The Hall–Kier alpha value is -0.160. The second-order valence-electron chi connectivity index (χ2n) is 2.83. The Kier molecular flexibility index (Phi) is 3.26. The van der Waals surface area contributed by atoms with Crippen LogP contribution in [0.5, 0.6) is 0 Å². The first-order chi connectivity index (χ1) is 5.25. The molecule has 1 rings (SSSR count). The van der Waals surface area contributed by atoms with Crippen molar-refractivity contribution in [2.24, 2.45) is 11.5 Å². The molecule has 4 nitrogen and oxygen atoms in total. The van der Waals surface area contributed by atoms with Crippen LogP contribution in [0.15, 0.2) is 0 Å². The summed E-state index contributed by atoms with van der Waals surface area (Å²) in [5.41, 5.74) is 11.0. The lowest BCUT2D eigenvalue weighted by Crippen LogP contribution is -2.39. The second-order valence-corrected chi connectivity index (χ2v) is 2.83. The van der Waals surface area contributed by atoms with Crippen LogP contribution in [0.1, 0.15) is 6.92 Å². The molecule has 0 aromatic heterocycles. The van der Waals surface area contributed by atoms with Crippen LogP contribution in [0, 0.1) is 0 Å². The zero-order valence-corrected chi connectivity index (χ0v) is 6.82. The fourth-order valence-corrected chi connectivity index (χ4v) is 1.26. The van der Waals surface area contributed by atoms with Gasteiger partial charge in [0.25, 0.3) is 0 Å². The minimum atomic E-state index is 0.0107. The summed E-state index contributed by atoms with van der Waals surface area (Å²) in [6, 6.07) is 0.0107. The molecule has 0 bridgehead atoms. The summed E-state index contributed by atoms with van der Waals surface area (Å²) in [6.45, 7) is 3.66. The average molecular weight is 160 g/mol. The van der Waals surface area contributed by atoms with Crippen molar-refractivity contribution in [3.63, 3.8) is 0 Å². The highest BCUT2D eigenvalue weighted by molar-refractivity contribution is 4.84. The molecule has 1 aliphatic rings. The van der Waals surface area contributed by atoms with E-state index in [2.05, 4.69) is 0 Å². The molecule has 1 unspecified atom stereocenters. The number of rotatable bonds is 3. The van der Waals surface area contributed by atoms with Gasteiger partial charge < -0.3 is 20.9 Å². The lowest BCUT2D eigenvalue weighted by atomic mass is 10.1. The van der Waals surface area contributed by atoms with Crippen LogP contribution in [-0.4, -0.2) is 38.0 Å². The van der Waals surface area contributed by atoms with E-state index in [1.54, 1.807) is 0 Å². The summed E-state index contributed by atoms with van der Waals surface area (Å²) in [7, 11) is 0. The fraction of sp³-hybridized carbons (Fsp3) is 1.00. The summed E-state index contributed by atoms with van der Waals surface area (Å²) in [6.07, 6.45) is 0.134. The molecule has 0 radical (unpaired) electrons. The van der Waals surface area contributed by atoms with Crippen LogP contribution in [0.3, 0.4) is 0 Å². The first-order valence-electron chi connectivity index (χ1n) is 3.94. The molecule has 3 atom stereocenters. The Morgan fingerprint density at radius 1 is 1.64 bits per heavy atom. The third-order valence-electron chi connectivity index (χ3n) is 1.86. The lowest BCUT2D eigenvalue weighted by Gasteiger charge is -2.17. The quantitative estimate of drug-likeness (QED) is 0.560. The standard InChI is InChI=1S/C7H16N2O2/c1-5-7(10-3-2-8)6(9)4-11-5/h5-7H,2-4,8-9H2,1H3/t5-,6-,7?/m1/s1. The molecule has 0 saturated carbocycles. The highest BCUT2D eigenvalue weighted by Gasteiger charge is 2.32. The second kappa shape index (κ2) is 4.01. The molecule has 0 spiro atoms. The largest absolute Gasteiger partial charge is 0.374 e. The minimum absolute atomic E-state index is 0.0107. The van der Waals surface area contributed by atoms with Crippen molar-refractivity contribution in [2.45, 2.75) is 25.2 Å². The highest BCUT2D eigenvalue weighted by atomic mass is 16.6. The van der Waals surface area contributed by atoms with Crippen molar-refractivity contribution in [3.8, 4) is 0 Å². The molecule has 0 aromatic rings. The first-order valence-corrected chi connectivity index (χ1v) is 3.94. The van der Waals surface area contributed by atoms with Crippen molar-refractivity contribution in [1.29, 1.82) is 0 Å². The molecule has 0 amide bonds. The third-order valence-corrected chi connectivity index (χ3v) is 1.86. The van der Waals surface area contributed by atoms with E-state index in [-0.39, 0.29) is 18.2 Å². The van der Waals surface area contributed by atoms with Crippen molar-refractivity contribution in [2.75, 3.05) is 19.8 Å². The summed E-state index contributed by atoms with van der Waals surface area (Å²) < 4.78 is 10.7. The van der Waals surface area contributed by atoms with E-state index in [4.69, 9.17) is 20.9 Å². The Labute approximate surface area is 66.8 Å². The molecular formula is C7H16N2O2. The van der Waals surface area contributed by atoms with Crippen molar-refractivity contribution >= 4 is 0 Å².